The monoisotopic (exact) mass is 329 g/mol. The molecule has 2 rings (SSSR count). The summed E-state index contributed by atoms with van der Waals surface area (Å²) in [6.07, 6.45) is 1.69. The molecular formula is C12H12BrNO5. The van der Waals surface area contributed by atoms with Crippen molar-refractivity contribution in [1.29, 1.82) is 0 Å². The van der Waals surface area contributed by atoms with Gasteiger partial charge in [-0.05, 0) is 34.8 Å². The molecule has 0 amide bonds. The van der Waals surface area contributed by atoms with E-state index < -0.39 is 10.9 Å². The average Bonchev–Trinajstić information content (AvgIpc) is 3.07. The molecule has 0 unspecified atom stereocenters. The van der Waals surface area contributed by atoms with Crippen molar-refractivity contribution >= 4 is 27.6 Å². The first kappa shape index (κ1) is 13.8. The van der Waals surface area contributed by atoms with Crippen molar-refractivity contribution in [3.63, 3.8) is 0 Å². The number of aliphatic carboxylic acids is 1. The zero-order valence-corrected chi connectivity index (χ0v) is 11.6. The number of carbonyl (C=O) groups is 1. The van der Waals surface area contributed by atoms with Crippen LogP contribution in [0.5, 0.6) is 5.75 Å². The SMILES string of the molecule is O=C(O)CC1(COc2cc([N+](=O)[O-])ccc2Br)CC1. The van der Waals surface area contributed by atoms with Crippen molar-refractivity contribution in [2.45, 2.75) is 19.3 Å². The second-order valence-electron chi connectivity index (χ2n) is 4.73. The van der Waals surface area contributed by atoms with Crippen LogP contribution in [0.2, 0.25) is 0 Å². The Morgan fingerprint density at radius 2 is 2.21 bits per heavy atom. The zero-order chi connectivity index (χ0) is 14.0. The molecule has 1 aliphatic rings. The molecule has 6 nitrogen and oxygen atoms in total. The Balaban J connectivity index is 2.05. The van der Waals surface area contributed by atoms with E-state index in [0.29, 0.717) is 10.2 Å². The van der Waals surface area contributed by atoms with E-state index >= 15 is 0 Å². The molecule has 1 N–H and O–H groups in total. The molecule has 0 spiro atoms. The van der Waals surface area contributed by atoms with E-state index in [9.17, 15) is 14.9 Å². The number of carboxylic acid groups (broad SMARTS) is 1. The number of ether oxygens (including phenoxy) is 1. The van der Waals surface area contributed by atoms with E-state index in [-0.39, 0.29) is 24.1 Å². The van der Waals surface area contributed by atoms with Crippen LogP contribution < -0.4 is 4.74 Å². The number of rotatable bonds is 6. The Kier molecular flexibility index (Phi) is 3.75. The van der Waals surface area contributed by atoms with Crippen LogP contribution in [-0.4, -0.2) is 22.6 Å². The molecule has 1 fully saturated rings. The van der Waals surface area contributed by atoms with Crippen LogP contribution in [0, 0.1) is 15.5 Å². The normalized spacial score (nSPS) is 15.8. The Hall–Kier alpha value is -1.63. The van der Waals surface area contributed by atoms with Crippen LogP contribution in [0.15, 0.2) is 22.7 Å². The van der Waals surface area contributed by atoms with Gasteiger partial charge in [0.25, 0.3) is 5.69 Å². The van der Waals surface area contributed by atoms with Crippen LogP contribution in [0.25, 0.3) is 0 Å². The van der Waals surface area contributed by atoms with Crippen molar-refractivity contribution in [1.82, 2.24) is 0 Å². The summed E-state index contributed by atoms with van der Waals surface area (Å²) in [6.45, 7) is 0.263. The molecule has 1 aromatic rings. The molecule has 102 valence electrons. The summed E-state index contributed by atoms with van der Waals surface area (Å²) in [7, 11) is 0. The topological polar surface area (TPSA) is 89.7 Å². The fraction of sp³-hybridized carbons (Fsp3) is 0.417. The number of non-ortho nitro benzene ring substituents is 1. The lowest BCUT2D eigenvalue weighted by Crippen LogP contribution is -2.17. The predicted molar refractivity (Wildman–Crippen MR) is 70.2 cm³/mol. The third-order valence-electron chi connectivity index (χ3n) is 3.14. The summed E-state index contributed by atoms with van der Waals surface area (Å²) >= 11 is 3.25. The van der Waals surface area contributed by atoms with Gasteiger partial charge in [0, 0.05) is 11.5 Å². The molecule has 0 heterocycles. The molecule has 0 radical (unpaired) electrons. The van der Waals surface area contributed by atoms with E-state index in [2.05, 4.69) is 15.9 Å². The van der Waals surface area contributed by atoms with Crippen LogP contribution >= 0.6 is 15.9 Å². The Bertz CT molecular complexity index is 527. The molecule has 1 saturated carbocycles. The lowest BCUT2D eigenvalue weighted by Gasteiger charge is -2.14. The molecule has 0 aliphatic heterocycles. The summed E-state index contributed by atoms with van der Waals surface area (Å²) in [5.74, 6) is -0.481. The molecule has 7 heteroatoms. The number of nitrogens with zero attached hydrogens (tertiary/aromatic N) is 1. The minimum absolute atomic E-state index is 0.0544. The minimum Gasteiger partial charge on any atom is -0.492 e. The smallest absolute Gasteiger partial charge is 0.304 e. The number of hydrogen-bond donors (Lipinski definition) is 1. The van der Waals surface area contributed by atoms with Gasteiger partial charge in [0.2, 0.25) is 0 Å². The van der Waals surface area contributed by atoms with Crippen molar-refractivity contribution in [3.05, 3.63) is 32.8 Å². The van der Waals surface area contributed by atoms with Gasteiger partial charge in [-0.2, -0.15) is 0 Å². The summed E-state index contributed by atoms with van der Waals surface area (Å²) in [5.41, 5.74) is -0.364. The minimum atomic E-state index is -0.848. The largest absolute Gasteiger partial charge is 0.492 e. The number of carboxylic acids is 1. The first-order chi connectivity index (χ1) is 8.92. The molecule has 0 atom stereocenters. The van der Waals surface area contributed by atoms with Crippen molar-refractivity contribution in [3.8, 4) is 5.75 Å². The Morgan fingerprint density at radius 3 is 2.74 bits per heavy atom. The van der Waals surface area contributed by atoms with Gasteiger partial charge in [-0.25, -0.2) is 0 Å². The molecule has 19 heavy (non-hydrogen) atoms. The summed E-state index contributed by atoms with van der Waals surface area (Å²) in [4.78, 5) is 20.9. The molecule has 1 aliphatic carbocycles. The van der Waals surface area contributed by atoms with E-state index in [1.54, 1.807) is 6.07 Å². The highest BCUT2D eigenvalue weighted by atomic mass is 79.9. The molecular weight excluding hydrogens is 318 g/mol. The first-order valence-electron chi connectivity index (χ1n) is 5.70. The summed E-state index contributed by atoms with van der Waals surface area (Å²) in [5, 5.41) is 19.5. The van der Waals surface area contributed by atoms with Crippen molar-refractivity contribution in [2.75, 3.05) is 6.61 Å². The highest BCUT2D eigenvalue weighted by molar-refractivity contribution is 9.10. The van der Waals surface area contributed by atoms with Crippen LogP contribution in [0.3, 0.4) is 0 Å². The fourth-order valence-corrected chi connectivity index (χ4v) is 2.18. The van der Waals surface area contributed by atoms with E-state index in [1.165, 1.54) is 12.1 Å². The highest BCUT2D eigenvalue weighted by Crippen LogP contribution is 2.49. The standard InChI is InChI=1S/C12H12BrNO5/c13-9-2-1-8(14(17)18)5-10(9)19-7-12(3-4-12)6-11(15)16/h1-2,5H,3-4,6-7H2,(H,15,16). The van der Waals surface area contributed by atoms with Crippen LogP contribution in [0.1, 0.15) is 19.3 Å². The lowest BCUT2D eigenvalue weighted by atomic mass is 10.0. The van der Waals surface area contributed by atoms with Gasteiger partial charge >= 0.3 is 5.97 Å². The molecule has 1 aromatic carbocycles. The second-order valence-corrected chi connectivity index (χ2v) is 5.59. The molecule has 0 saturated heterocycles. The van der Waals surface area contributed by atoms with E-state index in [1.807, 2.05) is 0 Å². The Labute approximate surface area is 117 Å². The number of benzene rings is 1. The molecule has 0 aromatic heterocycles. The quantitative estimate of drug-likeness (QED) is 0.640. The maximum absolute atomic E-state index is 10.7. The van der Waals surface area contributed by atoms with Crippen molar-refractivity contribution < 1.29 is 19.6 Å². The van der Waals surface area contributed by atoms with Gasteiger partial charge in [-0.15, -0.1) is 0 Å². The first-order valence-corrected chi connectivity index (χ1v) is 6.50. The van der Waals surface area contributed by atoms with E-state index in [4.69, 9.17) is 9.84 Å². The number of halogens is 1. The molecule has 0 bridgehead atoms. The highest BCUT2D eigenvalue weighted by Gasteiger charge is 2.45. The lowest BCUT2D eigenvalue weighted by molar-refractivity contribution is -0.385. The average molecular weight is 330 g/mol. The van der Waals surface area contributed by atoms with Crippen molar-refractivity contribution in [2.24, 2.45) is 5.41 Å². The predicted octanol–water partition coefficient (Wildman–Crippen LogP) is 2.99. The van der Waals surface area contributed by atoms with Gasteiger partial charge in [-0.1, -0.05) is 0 Å². The maximum Gasteiger partial charge on any atom is 0.304 e. The number of hydrogen-bond acceptors (Lipinski definition) is 4. The number of nitro groups is 1. The summed E-state index contributed by atoms with van der Waals surface area (Å²) in [6, 6.07) is 4.26. The van der Waals surface area contributed by atoms with Gasteiger partial charge in [0.15, 0.2) is 0 Å². The summed E-state index contributed by atoms with van der Waals surface area (Å²) < 4.78 is 6.16. The van der Waals surface area contributed by atoms with Gasteiger partial charge < -0.3 is 9.84 Å². The van der Waals surface area contributed by atoms with Gasteiger partial charge in [0.1, 0.15) is 5.75 Å². The third-order valence-corrected chi connectivity index (χ3v) is 3.80. The number of nitro benzene ring substituents is 1. The van der Waals surface area contributed by atoms with Gasteiger partial charge in [0.05, 0.1) is 28.5 Å². The fourth-order valence-electron chi connectivity index (χ4n) is 1.82. The van der Waals surface area contributed by atoms with Gasteiger partial charge in [-0.3, -0.25) is 14.9 Å². The Morgan fingerprint density at radius 1 is 1.53 bits per heavy atom. The van der Waals surface area contributed by atoms with Crippen LogP contribution in [0.4, 0.5) is 5.69 Å². The third kappa shape index (κ3) is 3.44. The van der Waals surface area contributed by atoms with E-state index in [0.717, 1.165) is 12.8 Å². The maximum atomic E-state index is 10.7. The second kappa shape index (κ2) is 5.16. The van der Waals surface area contributed by atoms with Crippen LogP contribution in [-0.2, 0) is 4.79 Å². The zero-order valence-electron chi connectivity index (χ0n) is 9.97.